The van der Waals surface area contributed by atoms with Gasteiger partial charge in [0.1, 0.15) is 5.75 Å². The molecule has 0 spiro atoms. The Hall–Kier alpha value is -1.06. The molecule has 0 aliphatic carbocycles. The van der Waals surface area contributed by atoms with Gasteiger partial charge in [-0.3, -0.25) is 4.90 Å². The molecule has 2 rings (SSSR count). The molecule has 118 valence electrons. The van der Waals surface area contributed by atoms with Crippen molar-refractivity contribution in [1.29, 1.82) is 0 Å². The lowest BCUT2D eigenvalue weighted by atomic mass is 9.95. The Morgan fingerprint density at radius 2 is 2.10 bits per heavy atom. The Kier molecular flexibility index (Phi) is 5.65. The number of ether oxygens (including phenoxy) is 1. The van der Waals surface area contributed by atoms with Crippen molar-refractivity contribution in [3.05, 3.63) is 29.3 Å². The predicted octanol–water partition coefficient (Wildman–Crippen LogP) is 3.62. The van der Waals surface area contributed by atoms with Crippen molar-refractivity contribution in [2.75, 3.05) is 19.7 Å². The molecule has 2 atom stereocenters. The number of likely N-dealkylation sites (tertiary alicyclic amines) is 1. The van der Waals surface area contributed by atoms with Crippen molar-refractivity contribution in [3.8, 4) is 5.75 Å². The highest BCUT2D eigenvalue weighted by Gasteiger charge is 2.25. The van der Waals surface area contributed by atoms with Gasteiger partial charge < -0.3 is 9.84 Å². The van der Waals surface area contributed by atoms with Crippen LogP contribution in [0.4, 0.5) is 0 Å². The molecule has 0 aromatic heterocycles. The molecule has 21 heavy (non-hydrogen) atoms. The van der Waals surface area contributed by atoms with E-state index in [4.69, 9.17) is 4.74 Å². The third-order valence-electron chi connectivity index (χ3n) is 4.51. The summed E-state index contributed by atoms with van der Waals surface area (Å²) in [6, 6.07) is 6.05. The maximum Gasteiger partial charge on any atom is 0.123 e. The molecule has 3 heteroatoms. The smallest absolute Gasteiger partial charge is 0.123 e. The maximum atomic E-state index is 9.79. The summed E-state index contributed by atoms with van der Waals surface area (Å²) in [6.45, 7) is 12.4. The van der Waals surface area contributed by atoms with Crippen molar-refractivity contribution >= 4 is 0 Å². The van der Waals surface area contributed by atoms with E-state index in [0.29, 0.717) is 6.61 Å². The molecule has 1 aromatic carbocycles. The zero-order valence-corrected chi connectivity index (χ0v) is 13.8. The molecule has 2 unspecified atom stereocenters. The summed E-state index contributed by atoms with van der Waals surface area (Å²) in [7, 11) is 0. The number of nitrogens with zero attached hydrogens (tertiary/aromatic N) is 1. The highest BCUT2D eigenvalue weighted by molar-refractivity contribution is 5.38. The molecule has 1 aliphatic heterocycles. The molecule has 0 radical (unpaired) electrons. The van der Waals surface area contributed by atoms with Crippen molar-refractivity contribution in [2.45, 2.75) is 46.8 Å². The van der Waals surface area contributed by atoms with Gasteiger partial charge in [0.15, 0.2) is 0 Å². The second kappa shape index (κ2) is 7.28. The Morgan fingerprint density at radius 3 is 2.67 bits per heavy atom. The maximum absolute atomic E-state index is 9.79. The standard InChI is InChI=1S/C18H29NO2/c1-5-21-18-7-6-15(14(4)20)10-17(18)12-19-9-8-16(11-19)13(2)3/h6-7,10,13-14,16,20H,5,8-9,11-12H2,1-4H3. The summed E-state index contributed by atoms with van der Waals surface area (Å²) in [6.07, 6.45) is 0.860. The third-order valence-corrected chi connectivity index (χ3v) is 4.51. The molecular formula is C18H29NO2. The minimum atomic E-state index is -0.429. The normalized spacial score (nSPS) is 21.0. The van der Waals surface area contributed by atoms with E-state index in [1.165, 1.54) is 18.5 Å². The van der Waals surface area contributed by atoms with Gasteiger partial charge in [0, 0.05) is 18.7 Å². The molecule has 0 saturated carbocycles. The Bertz CT molecular complexity index is 457. The van der Waals surface area contributed by atoms with E-state index in [1.54, 1.807) is 0 Å². The largest absolute Gasteiger partial charge is 0.494 e. The summed E-state index contributed by atoms with van der Waals surface area (Å²) in [4.78, 5) is 2.51. The van der Waals surface area contributed by atoms with Gasteiger partial charge in [-0.25, -0.2) is 0 Å². The number of aliphatic hydroxyl groups is 1. The molecule has 1 aliphatic rings. The summed E-state index contributed by atoms with van der Waals surface area (Å²) >= 11 is 0. The van der Waals surface area contributed by atoms with Crippen molar-refractivity contribution in [2.24, 2.45) is 11.8 Å². The predicted molar refractivity (Wildman–Crippen MR) is 86.5 cm³/mol. The minimum absolute atomic E-state index is 0.429. The first-order valence-electron chi connectivity index (χ1n) is 8.17. The molecule has 1 saturated heterocycles. The Balaban J connectivity index is 2.12. The number of aliphatic hydroxyl groups excluding tert-OH is 1. The highest BCUT2D eigenvalue weighted by atomic mass is 16.5. The summed E-state index contributed by atoms with van der Waals surface area (Å²) in [5, 5.41) is 9.79. The highest BCUT2D eigenvalue weighted by Crippen LogP contribution is 2.29. The molecule has 1 fully saturated rings. The van der Waals surface area contributed by atoms with Crippen LogP contribution in [0.1, 0.15) is 51.3 Å². The van der Waals surface area contributed by atoms with Crippen LogP contribution in [0.5, 0.6) is 5.75 Å². The van der Waals surface area contributed by atoms with Crippen molar-refractivity contribution in [1.82, 2.24) is 4.90 Å². The second-order valence-electron chi connectivity index (χ2n) is 6.50. The lowest BCUT2D eigenvalue weighted by Crippen LogP contribution is -2.22. The molecule has 1 heterocycles. The molecular weight excluding hydrogens is 262 g/mol. The summed E-state index contributed by atoms with van der Waals surface area (Å²) < 4.78 is 5.75. The van der Waals surface area contributed by atoms with E-state index < -0.39 is 6.10 Å². The van der Waals surface area contributed by atoms with E-state index in [0.717, 1.165) is 36.2 Å². The van der Waals surface area contributed by atoms with Crippen LogP contribution >= 0.6 is 0 Å². The second-order valence-corrected chi connectivity index (χ2v) is 6.50. The van der Waals surface area contributed by atoms with Crippen molar-refractivity contribution in [3.63, 3.8) is 0 Å². The third kappa shape index (κ3) is 4.21. The monoisotopic (exact) mass is 291 g/mol. The zero-order valence-electron chi connectivity index (χ0n) is 13.8. The molecule has 1 aromatic rings. The van der Waals surface area contributed by atoms with Crippen LogP contribution < -0.4 is 4.74 Å². The molecule has 0 bridgehead atoms. The van der Waals surface area contributed by atoms with Gasteiger partial charge in [-0.15, -0.1) is 0 Å². The van der Waals surface area contributed by atoms with Crippen LogP contribution in [0.25, 0.3) is 0 Å². The number of hydrogen-bond donors (Lipinski definition) is 1. The lowest BCUT2D eigenvalue weighted by molar-refractivity contribution is 0.198. The van der Waals surface area contributed by atoms with E-state index in [9.17, 15) is 5.11 Å². The van der Waals surface area contributed by atoms with Gasteiger partial charge in [0.05, 0.1) is 12.7 Å². The van der Waals surface area contributed by atoms with Crippen LogP contribution in [-0.4, -0.2) is 29.7 Å². The SMILES string of the molecule is CCOc1ccc(C(C)O)cc1CN1CCC(C(C)C)C1. The van der Waals surface area contributed by atoms with Crippen LogP contribution in [0.3, 0.4) is 0 Å². The van der Waals surface area contributed by atoms with Crippen LogP contribution in [0, 0.1) is 11.8 Å². The van der Waals surface area contributed by atoms with Gasteiger partial charge in [-0.2, -0.15) is 0 Å². The fraction of sp³-hybridized carbons (Fsp3) is 0.667. The lowest BCUT2D eigenvalue weighted by Gasteiger charge is -2.20. The van der Waals surface area contributed by atoms with Crippen molar-refractivity contribution < 1.29 is 9.84 Å². The van der Waals surface area contributed by atoms with Gasteiger partial charge >= 0.3 is 0 Å². The first-order valence-corrected chi connectivity index (χ1v) is 8.17. The molecule has 1 N–H and O–H groups in total. The minimum Gasteiger partial charge on any atom is -0.494 e. The Labute approximate surface area is 128 Å². The van der Waals surface area contributed by atoms with Gasteiger partial charge in [0.25, 0.3) is 0 Å². The summed E-state index contributed by atoms with van der Waals surface area (Å²) in [5.41, 5.74) is 2.16. The molecule has 3 nitrogen and oxygen atoms in total. The topological polar surface area (TPSA) is 32.7 Å². The van der Waals surface area contributed by atoms with E-state index in [1.807, 2.05) is 26.0 Å². The average molecular weight is 291 g/mol. The molecule has 0 amide bonds. The van der Waals surface area contributed by atoms with Gasteiger partial charge in [-0.1, -0.05) is 19.9 Å². The van der Waals surface area contributed by atoms with Gasteiger partial charge in [0.2, 0.25) is 0 Å². The average Bonchev–Trinajstić information content (AvgIpc) is 2.89. The number of benzene rings is 1. The first-order chi connectivity index (χ1) is 10.0. The Morgan fingerprint density at radius 1 is 1.33 bits per heavy atom. The van der Waals surface area contributed by atoms with Crippen LogP contribution in [0.2, 0.25) is 0 Å². The zero-order chi connectivity index (χ0) is 15.4. The quantitative estimate of drug-likeness (QED) is 0.869. The fourth-order valence-corrected chi connectivity index (χ4v) is 3.07. The number of hydrogen-bond acceptors (Lipinski definition) is 3. The van der Waals surface area contributed by atoms with E-state index in [2.05, 4.69) is 24.8 Å². The summed E-state index contributed by atoms with van der Waals surface area (Å²) in [5.74, 6) is 2.51. The number of rotatable bonds is 6. The fourth-order valence-electron chi connectivity index (χ4n) is 3.07. The van der Waals surface area contributed by atoms with Gasteiger partial charge in [-0.05, 0) is 56.3 Å². The van der Waals surface area contributed by atoms with E-state index >= 15 is 0 Å². The van der Waals surface area contributed by atoms with E-state index in [-0.39, 0.29) is 0 Å². The van der Waals surface area contributed by atoms with Crippen LogP contribution in [0.15, 0.2) is 18.2 Å². The first kappa shape index (κ1) is 16.3. The van der Waals surface area contributed by atoms with Crippen LogP contribution in [-0.2, 0) is 6.54 Å².